The minimum atomic E-state index is -3.89. The van der Waals surface area contributed by atoms with E-state index in [-0.39, 0.29) is 23.2 Å². The van der Waals surface area contributed by atoms with E-state index < -0.39 is 33.8 Å². The van der Waals surface area contributed by atoms with E-state index in [4.69, 9.17) is 0 Å². The molecule has 0 saturated heterocycles. The number of halogens is 1. The quantitative estimate of drug-likeness (QED) is 0.603. The fourth-order valence-corrected chi connectivity index (χ4v) is 3.80. The number of nitrogens with one attached hydrogen (secondary N) is 2. The number of sulfonamides is 1. The van der Waals surface area contributed by atoms with Crippen molar-refractivity contribution in [2.45, 2.75) is 57.5 Å². The Hall–Kier alpha value is -1.80. The summed E-state index contributed by atoms with van der Waals surface area (Å²) in [7, 11) is -3.89. The van der Waals surface area contributed by atoms with Gasteiger partial charge in [0.15, 0.2) is 0 Å². The second-order valence-corrected chi connectivity index (χ2v) is 8.78. The summed E-state index contributed by atoms with van der Waals surface area (Å²) in [5.74, 6) is -0.851. The van der Waals surface area contributed by atoms with Gasteiger partial charge in [-0.25, -0.2) is 17.5 Å². The van der Waals surface area contributed by atoms with Crippen LogP contribution in [0.5, 0.6) is 0 Å². The van der Waals surface area contributed by atoms with Crippen LogP contribution >= 0.6 is 0 Å². The van der Waals surface area contributed by atoms with Crippen molar-refractivity contribution in [2.75, 3.05) is 0 Å². The number of benzene rings is 1. The molecular formula is C18H27FN2O4S. The fraction of sp³-hybridized carbons (Fsp3) is 0.556. The van der Waals surface area contributed by atoms with E-state index in [2.05, 4.69) is 10.0 Å². The zero-order chi connectivity index (χ0) is 19.9. The van der Waals surface area contributed by atoms with Gasteiger partial charge in [-0.05, 0) is 42.5 Å². The van der Waals surface area contributed by atoms with Gasteiger partial charge in [-0.2, -0.15) is 0 Å². The topological polar surface area (TPSA) is 92.3 Å². The molecular weight excluding hydrogens is 359 g/mol. The van der Waals surface area contributed by atoms with Crippen molar-refractivity contribution in [1.82, 2.24) is 10.0 Å². The maximum Gasteiger partial charge on any atom is 0.240 e. The Kier molecular flexibility index (Phi) is 8.36. The van der Waals surface area contributed by atoms with Gasteiger partial charge in [0.25, 0.3) is 0 Å². The standard InChI is InChI=1S/C18H27FN2O4S/c1-12(2)9-15(11-22)20-18(23)10-17(13(3)4)21-26(24,25)16-7-5-14(19)6-8-16/h5-8,11-13,15,17,21H,9-10H2,1-4H3,(H,20,23)/t15-,17-/m0/s1. The van der Waals surface area contributed by atoms with Crippen molar-refractivity contribution in [3.8, 4) is 0 Å². The molecule has 0 spiro atoms. The van der Waals surface area contributed by atoms with Crippen molar-refractivity contribution >= 4 is 22.2 Å². The van der Waals surface area contributed by atoms with Crippen molar-refractivity contribution in [2.24, 2.45) is 11.8 Å². The summed E-state index contributed by atoms with van der Waals surface area (Å²) in [6.45, 7) is 7.46. The number of amides is 1. The SMILES string of the molecule is CC(C)C[C@@H](C=O)NC(=O)C[C@H](NS(=O)(=O)c1ccc(F)cc1)C(C)C. The lowest BCUT2D eigenvalue weighted by atomic mass is 10.0. The van der Waals surface area contributed by atoms with Gasteiger partial charge in [-0.3, -0.25) is 4.79 Å². The van der Waals surface area contributed by atoms with Gasteiger partial charge >= 0.3 is 0 Å². The molecule has 1 rings (SSSR count). The number of hydrogen-bond donors (Lipinski definition) is 2. The number of aldehydes is 1. The molecule has 2 atom stereocenters. The number of rotatable bonds is 10. The number of carbonyl (C=O) groups excluding carboxylic acids is 2. The first-order valence-electron chi connectivity index (χ1n) is 8.57. The van der Waals surface area contributed by atoms with E-state index in [1.54, 1.807) is 13.8 Å². The van der Waals surface area contributed by atoms with Crippen LogP contribution in [0.3, 0.4) is 0 Å². The Balaban J connectivity index is 2.81. The van der Waals surface area contributed by atoms with Gasteiger partial charge in [0.05, 0.1) is 10.9 Å². The molecule has 1 amide bonds. The molecule has 0 aliphatic rings. The normalized spacial score (nSPS) is 14.3. The molecule has 0 fully saturated rings. The lowest BCUT2D eigenvalue weighted by Gasteiger charge is -2.23. The van der Waals surface area contributed by atoms with Gasteiger partial charge < -0.3 is 10.1 Å². The third-order valence-corrected chi connectivity index (χ3v) is 5.38. The van der Waals surface area contributed by atoms with Gasteiger partial charge in [0.2, 0.25) is 15.9 Å². The predicted octanol–water partition coefficient (Wildman–Crippen LogP) is 2.25. The molecule has 0 aromatic heterocycles. The highest BCUT2D eigenvalue weighted by Gasteiger charge is 2.25. The van der Waals surface area contributed by atoms with E-state index in [9.17, 15) is 22.4 Å². The number of hydrogen-bond acceptors (Lipinski definition) is 4. The maximum atomic E-state index is 13.0. The molecule has 1 aromatic rings. The minimum Gasteiger partial charge on any atom is -0.347 e. The Labute approximate surface area is 154 Å². The maximum absolute atomic E-state index is 13.0. The average molecular weight is 386 g/mol. The van der Waals surface area contributed by atoms with Gasteiger partial charge in [-0.1, -0.05) is 27.7 Å². The first-order valence-corrected chi connectivity index (χ1v) is 10.1. The van der Waals surface area contributed by atoms with Crippen molar-refractivity contribution in [3.63, 3.8) is 0 Å². The molecule has 2 N–H and O–H groups in total. The smallest absolute Gasteiger partial charge is 0.240 e. The zero-order valence-corrected chi connectivity index (χ0v) is 16.3. The molecule has 8 heteroatoms. The Morgan fingerprint density at radius 3 is 2.19 bits per heavy atom. The lowest BCUT2D eigenvalue weighted by Crippen LogP contribution is -2.44. The summed E-state index contributed by atoms with van der Waals surface area (Å²) >= 11 is 0. The van der Waals surface area contributed by atoms with Crippen LogP contribution in [-0.4, -0.2) is 32.7 Å². The van der Waals surface area contributed by atoms with Crippen LogP contribution in [0, 0.1) is 17.7 Å². The predicted molar refractivity (Wildman–Crippen MR) is 97.4 cm³/mol. The summed E-state index contributed by atoms with van der Waals surface area (Å²) in [4.78, 5) is 23.2. The monoisotopic (exact) mass is 386 g/mol. The zero-order valence-electron chi connectivity index (χ0n) is 15.5. The molecule has 0 bridgehead atoms. The summed E-state index contributed by atoms with van der Waals surface area (Å²) in [6, 6.07) is 3.21. The molecule has 26 heavy (non-hydrogen) atoms. The van der Waals surface area contributed by atoms with E-state index in [0.717, 1.165) is 12.1 Å². The van der Waals surface area contributed by atoms with Crippen molar-refractivity contribution in [1.29, 1.82) is 0 Å². The molecule has 146 valence electrons. The third kappa shape index (κ3) is 7.21. The summed E-state index contributed by atoms with van der Waals surface area (Å²) in [5, 5.41) is 2.62. The molecule has 0 radical (unpaired) electrons. The highest BCUT2D eigenvalue weighted by Crippen LogP contribution is 2.15. The molecule has 0 aliphatic heterocycles. The molecule has 0 heterocycles. The molecule has 6 nitrogen and oxygen atoms in total. The summed E-state index contributed by atoms with van der Waals surface area (Å²) in [5.41, 5.74) is 0. The second-order valence-electron chi connectivity index (χ2n) is 7.07. The van der Waals surface area contributed by atoms with Gasteiger partial charge in [0.1, 0.15) is 12.1 Å². The summed E-state index contributed by atoms with van der Waals surface area (Å²) < 4.78 is 40.4. The van der Waals surface area contributed by atoms with Crippen LogP contribution in [0.2, 0.25) is 0 Å². The summed E-state index contributed by atoms with van der Waals surface area (Å²) in [6.07, 6.45) is 1.11. The van der Waals surface area contributed by atoms with E-state index >= 15 is 0 Å². The van der Waals surface area contributed by atoms with Crippen LogP contribution in [0.1, 0.15) is 40.5 Å². The molecule has 0 unspecified atom stereocenters. The highest BCUT2D eigenvalue weighted by atomic mass is 32.2. The van der Waals surface area contributed by atoms with Crippen molar-refractivity contribution in [3.05, 3.63) is 30.1 Å². The van der Waals surface area contributed by atoms with Gasteiger partial charge in [0, 0.05) is 12.5 Å². The Morgan fingerprint density at radius 1 is 1.15 bits per heavy atom. The highest BCUT2D eigenvalue weighted by molar-refractivity contribution is 7.89. The molecule has 0 saturated carbocycles. The van der Waals surface area contributed by atoms with E-state index in [0.29, 0.717) is 12.7 Å². The van der Waals surface area contributed by atoms with E-state index in [1.165, 1.54) is 12.1 Å². The minimum absolute atomic E-state index is 0.0736. The lowest BCUT2D eigenvalue weighted by molar-refractivity contribution is -0.124. The van der Waals surface area contributed by atoms with Gasteiger partial charge in [-0.15, -0.1) is 0 Å². The second kappa shape index (κ2) is 9.78. The van der Waals surface area contributed by atoms with Crippen molar-refractivity contribution < 1.29 is 22.4 Å². The van der Waals surface area contributed by atoms with Crippen LogP contribution < -0.4 is 10.0 Å². The molecule has 0 aliphatic carbocycles. The van der Waals surface area contributed by atoms with E-state index in [1.807, 2.05) is 13.8 Å². The first-order chi connectivity index (χ1) is 12.0. The van der Waals surface area contributed by atoms with Crippen LogP contribution in [-0.2, 0) is 19.6 Å². The first kappa shape index (κ1) is 22.2. The van der Waals surface area contributed by atoms with Crippen LogP contribution in [0.15, 0.2) is 29.2 Å². The Morgan fingerprint density at radius 2 is 1.73 bits per heavy atom. The molecule has 1 aromatic carbocycles. The largest absolute Gasteiger partial charge is 0.347 e. The fourth-order valence-electron chi connectivity index (χ4n) is 2.42. The number of carbonyl (C=O) groups is 2. The average Bonchev–Trinajstić information content (AvgIpc) is 2.53. The van der Waals surface area contributed by atoms with Crippen LogP contribution in [0.25, 0.3) is 0 Å². The third-order valence-electron chi connectivity index (χ3n) is 3.88. The Bertz CT molecular complexity index is 702. The van der Waals surface area contributed by atoms with Crippen LogP contribution in [0.4, 0.5) is 4.39 Å².